The molecule has 0 unspecified atom stereocenters. The third kappa shape index (κ3) is 8.91. The van der Waals surface area contributed by atoms with E-state index in [1.807, 2.05) is 60.7 Å². The second-order valence-electron chi connectivity index (χ2n) is 5.19. The summed E-state index contributed by atoms with van der Waals surface area (Å²) < 4.78 is 4.82. The smallest absolute Gasteiger partial charge is 0.330 e. The number of hydrogen-bond acceptors (Lipinski definition) is 3. The van der Waals surface area contributed by atoms with Crippen molar-refractivity contribution in [3.05, 3.63) is 96.6 Å². The molecule has 0 atom stereocenters. The number of aliphatic carboxylic acids is 1. The van der Waals surface area contributed by atoms with Gasteiger partial charge in [-0.25, -0.2) is 9.59 Å². The number of rotatable bonds is 7. The van der Waals surface area contributed by atoms with E-state index in [9.17, 15) is 9.59 Å². The van der Waals surface area contributed by atoms with Crippen LogP contribution in [0.5, 0.6) is 0 Å². The molecule has 25 heavy (non-hydrogen) atoms. The first-order valence-electron chi connectivity index (χ1n) is 7.81. The zero-order valence-electron chi connectivity index (χ0n) is 14.1. The van der Waals surface area contributed by atoms with Crippen LogP contribution in [0.1, 0.15) is 17.5 Å². The molecule has 0 spiro atoms. The Hall–Kier alpha value is -3.14. The van der Waals surface area contributed by atoms with Crippen molar-refractivity contribution in [3.8, 4) is 0 Å². The summed E-state index contributed by atoms with van der Waals surface area (Å²) in [5, 5.41) is 8.56. The second kappa shape index (κ2) is 11.4. The average Bonchev–Trinajstić information content (AvgIpc) is 2.66. The summed E-state index contributed by atoms with van der Waals surface area (Å²) in [6.07, 6.45) is 2.41. The maximum absolute atomic E-state index is 10.6. The van der Waals surface area contributed by atoms with Crippen LogP contribution >= 0.6 is 0 Å². The van der Waals surface area contributed by atoms with Crippen LogP contribution in [0.3, 0.4) is 0 Å². The van der Waals surface area contributed by atoms with E-state index in [0.717, 1.165) is 23.6 Å². The Labute approximate surface area is 148 Å². The minimum Gasteiger partial charge on any atom is -0.478 e. The van der Waals surface area contributed by atoms with Crippen LogP contribution in [0.2, 0.25) is 0 Å². The van der Waals surface area contributed by atoms with Gasteiger partial charge < -0.3 is 9.84 Å². The molecule has 0 saturated heterocycles. The van der Waals surface area contributed by atoms with Gasteiger partial charge in [-0.1, -0.05) is 73.8 Å². The monoisotopic (exact) mass is 338 g/mol. The number of aryl methyl sites for hydroxylation is 1. The van der Waals surface area contributed by atoms with E-state index in [2.05, 4.69) is 13.2 Å². The van der Waals surface area contributed by atoms with E-state index in [1.165, 1.54) is 0 Å². The molecule has 130 valence electrons. The summed E-state index contributed by atoms with van der Waals surface area (Å²) in [4.78, 5) is 21.1. The van der Waals surface area contributed by atoms with Crippen LogP contribution in [0.4, 0.5) is 0 Å². The number of carboxylic acid groups (broad SMARTS) is 1. The fourth-order valence-corrected chi connectivity index (χ4v) is 1.83. The van der Waals surface area contributed by atoms with Crippen molar-refractivity contribution >= 4 is 11.9 Å². The van der Waals surface area contributed by atoms with Crippen molar-refractivity contribution in [3.63, 3.8) is 0 Å². The minimum atomic E-state index is -0.907. The summed E-state index contributed by atoms with van der Waals surface area (Å²) in [6, 6.07) is 19.3. The Morgan fingerprint density at radius 2 is 1.48 bits per heavy atom. The Balaban J connectivity index is 0.000000251. The van der Waals surface area contributed by atoms with E-state index in [-0.39, 0.29) is 11.5 Å². The van der Waals surface area contributed by atoms with Gasteiger partial charge in [0, 0.05) is 11.6 Å². The first kappa shape index (κ1) is 19.9. The van der Waals surface area contributed by atoms with Gasteiger partial charge in [0.2, 0.25) is 0 Å². The van der Waals surface area contributed by atoms with Crippen molar-refractivity contribution in [1.82, 2.24) is 0 Å². The predicted molar refractivity (Wildman–Crippen MR) is 98.0 cm³/mol. The molecule has 0 bridgehead atoms. The van der Waals surface area contributed by atoms with Crippen molar-refractivity contribution in [2.75, 3.05) is 0 Å². The number of carbonyl (C=O) groups is 2. The fourth-order valence-electron chi connectivity index (χ4n) is 1.83. The largest absolute Gasteiger partial charge is 0.478 e. The number of esters is 1. The van der Waals surface area contributed by atoms with Gasteiger partial charge in [-0.15, -0.1) is 0 Å². The highest BCUT2D eigenvalue weighted by Gasteiger charge is 2.03. The van der Waals surface area contributed by atoms with Crippen LogP contribution < -0.4 is 0 Å². The number of carbonyl (C=O) groups excluding carboxylic acids is 1. The number of benzene rings is 2. The van der Waals surface area contributed by atoms with Gasteiger partial charge in [-0.05, 0) is 24.0 Å². The molecule has 0 aliphatic heterocycles. The highest BCUT2D eigenvalue weighted by atomic mass is 16.5. The first-order valence-corrected chi connectivity index (χ1v) is 7.81. The van der Waals surface area contributed by atoms with Crippen molar-refractivity contribution in [2.24, 2.45) is 0 Å². The Kier molecular flexibility index (Phi) is 9.08. The molecule has 0 heterocycles. The zero-order chi connectivity index (χ0) is 18.5. The Morgan fingerprint density at radius 3 is 1.96 bits per heavy atom. The Morgan fingerprint density at radius 1 is 0.960 bits per heavy atom. The topological polar surface area (TPSA) is 63.6 Å². The molecular weight excluding hydrogens is 316 g/mol. The molecule has 4 nitrogen and oxygen atoms in total. The van der Waals surface area contributed by atoms with Crippen LogP contribution in [-0.4, -0.2) is 17.0 Å². The Bertz CT molecular complexity index is 690. The van der Waals surface area contributed by atoms with E-state index in [0.29, 0.717) is 13.0 Å². The van der Waals surface area contributed by atoms with Crippen LogP contribution in [-0.2, 0) is 27.4 Å². The lowest BCUT2D eigenvalue weighted by atomic mass is 10.1. The molecule has 0 aliphatic carbocycles. The summed E-state index contributed by atoms with van der Waals surface area (Å²) in [7, 11) is 0. The molecule has 1 N–H and O–H groups in total. The van der Waals surface area contributed by atoms with Gasteiger partial charge in [0.25, 0.3) is 0 Å². The summed E-state index contributed by atoms with van der Waals surface area (Å²) >= 11 is 0. The molecule has 0 amide bonds. The van der Waals surface area contributed by atoms with E-state index in [4.69, 9.17) is 9.84 Å². The van der Waals surface area contributed by atoms with Gasteiger partial charge in [0.15, 0.2) is 0 Å². The lowest BCUT2D eigenvalue weighted by Crippen LogP contribution is -2.00. The second-order valence-corrected chi connectivity index (χ2v) is 5.19. The van der Waals surface area contributed by atoms with Gasteiger partial charge in [0.05, 0.1) is 0 Å². The number of ether oxygens (including phenoxy) is 1. The van der Waals surface area contributed by atoms with Gasteiger partial charge in [0.1, 0.15) is 6.61 Å². The van der Waals surface area contributed by atoms with Crippen molar-refractivity contribution in [1.29, 1.82) is 0 Å². The summed E-state index contributed by atoms with van der Waals surface area (Å²) in [6.45, 7) is 7.08. The molecule has 2 rings (SSSR count). The SMILES string of the molecule is C=C(CCc1ccccc1)C(=O)O.C=CC(=O)OCc1ccccc1. The molecule has 0 aromatic heterocycles. The average molecular weight is 338 g/mol. The number of hydrogen-bond donors (Lipinski definition) is 1. The maximum atomic E-state index is 10.6. The minimum absolute atomic E-state index is 0.267. The molecule has 0 saturated carbocycles. The first-order chi connectivity index (χ1) is 12.0. The zero-order valence-corrected chi connectivity index (χ0v) is 14.1. The standard InChI is InChI=1S/C11H12O2.C10H10O2/c1-9(11(12)13)7-8-10-5-3-2-4-6-10;1-2-10(11)12-8-9-6-4-3-5-7-9/h2-6H,1,7-8H2,(H,12,13);2-7H,1,8H2. The predicted octanol–water partition coefficient (Wildman–Crippen LogP) is 4.18. The lowest BCUT2D eigenvalue weighted by molar-refractivity contribution is -0.139. The summed E-state index contributed by atoms with van der Waals surface area (Å²) in [5.74, 6) is -1.30. The molecule has 0 radical (unpaired) electrons. The van der Waals surface area contributed by atoms with E-state index < -0.39 is 5.97 Å². The van der Waals surface area contributed by atoms with E-state index >= 15 is 0 Å². The van der Waals surface area contributed by atoms with Crippen molar-refractivity contribution < 1.29 is 19.4 Å². The molecule has 2 aromatic carbocycles. The van der Waals surface area contributed by atoms with Crippen molar-refractivity contribution in [2.45, 2.75) is 19.4 Å². The van der Waals surface area contributed by atoms with E-state index in [1.54, 1.807) is 0 Å². The highest BCUT2D eigenvalue weighted by molar-refractivity contribution is 5.85. The third-order valence-electron chi connectivity index (χ3n) is 3.25. The maximum Gasteiger partial charge on any atom is 0.330 e. The van der Waals surface area contributed by atoms with Gasteiger partial charge in [-0.2, -0.15) is 0 Å². The molecule has 2 aromatic rings. The number of carboxylic acids is 1. The van der Waals surface area contributed by atoms with Crippen LogP contribution in [0.25, 0.3) is 0 Å². The lowest BCUT2D eigenvalue weighted by Gasteiger charge is -2.00. The molecule has 0 fully saturated rings. The van der Waals surface area contributed by atoms with Gasteiger partial charge >= 0.3 is 11.9 Å². The quantitative estimate of drug-likeness (QED) is 0.608. The molecule has 0 aliphatic rings. The highest BCUT2D eigenvalue weighted by Crippen LogP contribution is 2.07. The fraction of sp³-hybridized carbons (Fsp3) is 0.143. The molecule has 4 heteroatoms. The van der Waals surface area contributed by atoms with Crippen LogP contribution in [0.15, 0.2) is 85.5 Å². The van der Waals surface area contributed by atoms with Crippen LogP contribution in [0, 0.1) is 0 Å². The molecular formula is C21H22O4. The third-order valence-corrected chi connectivity index (χ3v) is 3.25. The normalized spacial score (nSPS) is 9.28. The summed E-state index contributed by atoms with van der Waals surface area (Å²) in [5.41, 5.74) is 2.39. The van der Waals surface area contributed by atoms with Gasteiger partial charge in [-0.3, -0.25) is 0 Å².